The molecule has 1 unspecified atom stereocenters. The molecule has 0 aliphatic rings. The van der Waals surface area contributed by atoms with Gasteiger partial charge in [0.1, 0.15) is 0 Å². The molecule has 0 spiro atoms. The maximum atomic E-state index is 3.54. The predicted molar refractivity (Wildman–Crippen MR) is 68.5 cm³/mol. The molecule has 1 atom stereocenters. The van der Waals surface area contributed by atoms with Crippen molar-refractivity contribution in [1.82, 2.24) is 5.32 Å². The molecule has 0 amide bonds. The first-order valence-electron chi connectivity index (χ1n) is 5.56. The zero-order chi connectivity index (χ0) is 10.7. The topological polar surface area (TPSA) is 12.0 Å². The molecule has 0 aliphatic carbocycles. The lowest BCUT2D eigenvalue weighted by molar-refractivity contribution is 0.541. The lowest BCUT2D eigenvalue weighted by Gasteiger charge is -2.16. The second-order valence-corrected chi connectivity index (χ2v) is 4.62. The average Bonchev–Trinajstić information content (AvgIpc) is 2.73. The van der Waals surface area contributed by atoms with Crippen molar-refractivity contribution in [3.63, 3.8) is 0 Å². The number of nitrogens with one attached hydrogen (secondary N) is 1. The van der Waals surface area contributed by atoms with Gasteiger partial charge in [-0.15, -0.1) is 11.3 Å². The summed E-state index contributed by atoms with van der Waals surface area (Å²) in [5, 5.41) is 7.08. The molecule has 1 heterocycles. The molecule has 0 radical (unpaired) electrons. The number of fused-ring (bicyclic) bond motifs is 1. The zero-order valence-electron chi connectivity index (χ0n) is 9.29. The van der Waals surface area contributed by atoms with Gasteiger partial charge in [0.25, 0.3) is 0 Å². The summed E-state index contributed by atoms with van der Waals surface area (Å²) in [7, 11) is 0. The molecule has 1 nitrogen and oxygen atoms in total. The van der Waals surface area contributed by atoms with Gasteiger partial charge in [-0.05, 0) is 35.4 Å². The molecule has 2 rings (SSSR count). The van der Waals surface area contributed by atoms with Gasteiger partial charge in [-0.3, -0.25) is 0 Å². The van der Waals surface area contributed by atoms with Crippen LogP contribution in [0.3, 0.4) is 0 Å². The first kappa shape index (κ1) is 10.7. The van der Waals surface area contributed by atoms with Crippen LogP contribution in [0.4, 0.5) is 0 Å². The number of hydrogen-bond donors (Lipinski definition) is 1. The smallest absolute Gasteiger partial charge is 0.0390 e. The standard InChI is InChI=1S/C13H17NS/c1-3-12(14-4-2)11-7-5-6-10-8-9-15-13(10)11/h5-9,12,14H,3-4H2,1-2H3. The van der Waals surface area contributed by atoms with Crippen LogP contribution in [0.5, 0.6) is 0 Å². The molecule has 0 saturated carbocycles. The van der Waals surface area contributed by atoms with Crippen molar-refractivity contribution in [1.29, 1.82) is 0 Å². The van der Waals surface area contributed by atoms with Crippen molar-refractivity contribution in [2.45, 2.75) is 26.3 Å². The minimum absolute atomic E-state index is 0.498. The fourth-order valence-corrected chi connectivity index (χ4v) is 2.98. The summed E-state index contributed by atoms with van der Waals surface area (Å²) < 4.78 is 1.44. The summed E-state index contributed by atoms with van der Waals surface area (Å²) in [5.74, 6) is 0. The molecule has 15 heavy (non-hydrogen) atoms. The van der Waals surface area contributed by atoms with Gasteiger partial charge in [0.2, 0.25) is 0 Å². The third kappa shape index (κ3) is 2.06. The Labute approximate surface area is 95.1 Å². The van der Waals surface area contributed by atoms with E-state index in [0.29, 0.717) is 6.04 Å². The highest BCUT2D eigenvalue weighted by atomic mass is 32.1. The van der Waals surface area contributed by atoms with Gasteiger partial charge >= 0.3 is 0 Å². The zero-order valence-corrected chi connectivity index (χ0v) is 10.1. The van der Waals surface area contributed by atoms with Gasteiger partial charge < -0.3 is 5.32 Å². The number of benzene rings is 1. The molecule has 2 heteroatoms. The lowest BCUT2D eigenvalue weighted by atomic mass is 10.0. The SMILES string of the molecule is CCNC(CC)c1cccc2ccsc12. The molecule has 0 bridgehead atoms. The summed E-state index contributed by atoms with van der Waals surface area (Å²) in [5.41, 5.74) is 1.45. The fourth-order valence-electron chi connectivity index (χ4n) is 2.01. The van der Waals surface area contributed by atoms with Gasteiger partial charge in [-0.1, -0.05) is 32.0 Å². The van der Waals surface area contributed by atoms with E-state index in [1.807, 2.05) is 11.3 Å². The Balaban J connectivity index is 2.44. The Morgan fingerprint density at radius 3 is 2.87 bits per heavy atom. The van der Waals surface area contributed by atoms with E-state index in [1.54, 1.807) is 0 Å². The highest BCUT2D eigenvalue weighted by molar-refractivity contribution is 7.17. The van der Waals surface area contributed by atoms with E-state index in [9.17, 15) is 0 Å². The molecular formula is C13H17NS. The van der Waals surface area contributed by atoms with Crippen LogP contribution in [0.15, 0.2) is 29.6 Å². The van der Waals surface area contributed by atoms with Crippen molar-refractivity contribution in [2.24, 2.45) is 0 Å². The van der Waals surface area contributed by atoms with Gasteiger partial charge in [0.15, 0.2) is 0 Å². The summed E-state index contributed by atoms with van der Waals surface area (Å²) in [6, 6.07) is 9.29. The summed E-state index contributed by atoms with van der Waals surface area (Å²) in [6.07, 6.45) is 1.14. The van der Waals surface area contributed by atoms with Crippen LogP contribution >= 0.6 is 11.3 Å². The fraction of sp³-hybridized carbons (Fsp3) is 0.385. The van der Waals surface area contributed by atoms with Gasteiger partial charge in [0.05, 0.1) is 0 Å². The van der Waals surface area contributed by atoms with Gasteiger partial charge in [-0.2, -0.15) is 0 Å². The van der Waals surface area contributed by atoms with Crippen LogP contribution in [0, 0.1) is 0 Å². The first-order valence-corrected chi connectivity index (χ1v) is 6.44. The van der Waals surface area contributed by atoms with E-state index in [0.717, 1.165) is 13.0 Å². The molecule has 1 aromatic carbocycles. The Bertz CT molecular complexity index is 433. The van der Waals surface area contributed by atoms with Crippen LogP contribution < -0.4 is 5.32 Å². The number of hydrogen-bond acceptors (Lipinski definition) is 2. The Morgan fingerprint density at radius 2 is 2.13 bits per heavy atom. The first-order chi connectivity index (χ1) is 7.36. The van der Waals surface area contributed by atoms with Crippen molar-refractivity contribution in [2.75, 3.05) is 6.54 Å². The summed E-state index contributed by atoms with van der Waals surface area (Å²) >= 11 is 1.84. The monoisotopic (exact) mass is 219 g/mol. The second-order valence-electron chi connectivity index (χ2n) is 3.70. The molecular weight excluding hydrogens is 202 g/mol. The number of rotatable bonds is 4. The van der Waals surface area contributed by atoms with E-state index in [1.165, 1.54) is 15.6 Å². The predicted octanol–water partition coefficient (Wildman–Crippen LogP) is 3.96. The lowest BCUT2D eigenvalue weighted by Crippen LogP contribution is -2.19. The van der Waals surface area contributed by atoms with E-state index in [4.69, 9.17) is 0 Å². The quantitative estimate of drug-likeness (QED) is 0.820. The highest BCUT2D eigenvalue weighted by Crippen LogP contribution is 2.30. The summed E-state index contributed by atoms with van der Waals surface area (Å²) in [6.45, 7) is 5.43. The van der Waals surface area contributed by atoms with Crippen LogP contribution in [-0.2, 0) is 0 Å². The van der Waals surface area contributed by atoms with Crippen molar-refractivity contribution in [3.05, 3.63) is 35.2 Å². The van der Waals surface area contributed by atoms with Gasteiger partial charge in [-0.25, -0.2) is 0 Å². The van der Waals surface area contributed by atoms with Crippen LogP contribution in [0.1, 0.15) is 31.9 Å². The molecule has 0 fully saturated rings. The van der Waals surface area contributed by atoms with Crippen LogP contribution in [0.25, 0.3) is 10.1 Å². The maximum Gasteiger partial charge on any atom is 0.0390 e. The third-order valence-corrected chi connectivity index (χ3v) is 3.72. The molecule has 2 aromatic rings. The van der Waals surface area contributed by atoms with Crippen molar-refractivity contribution in [3.8, 4) is 0 Å². The molecule has 80 valence electrons. The van der Waals surface area contributed by atoms with Crippen molar-refractivity contribution < 1.29 is 0 Å². The van der Waals surface area contributed by atoms with Crippen LogP contribution in [0.2, 0.25) is 0 Å². The minimum Gasteiger partial charge on any atom is -0.310 e. The van der Waals surface area contributed by atoms with E-state index in [-0.39, 0.29) is 0 Å². The average molecular weight is 219 g/mol. The molecule has 1 N–H and O–H groups in total. The van der Waals surface area contributed by atoms with Crippen LogP contribution in [-0.4, -0.2) is 6.54 Å². The minimum atomic E-state index is 0.498. The largest absolute Gasteiger partial charge is 0.310 e. The van der Waals surface area contributed by atoms with Gasteiger partial charge in [0, 0.05) is 10.7 Å². The maximum absolute atomic E-state index is 3.54. The molecule has 0 aliphatic heterocycles. The molecule has 1 aromatic heterocycles. The Kier molecular flexibility index (Phi) is 3.39. The normalized spacial score (nSPS) is 13.2. The highest BCUT2D eigenvalue weighted by Gasteiger charge is 2.11. The number of thiophene rings is 1. The van der Waals surface area contributed by atoms with E-state index >= 15 is 0 Å². The summed E-state index contributed by atoms with van der Waals surface area (Å²) in [4.78, 5) is 0. The Morgan fingerprint density at radius 1 is 1.27 bits per heavy atom. The van der Waals surface area contributed by atoms with E-state index < -0.39 is 0 Å². The van der Waals surface area contributed by atoms with E-state index in [2.05, 4.69) is 48.8 Å². The third-order valence-electron chi connectivity index (χ3n) is 2.74. The van der Waals surface area contributed by atoms with Crippen molar-refractivity contribution >= 4 is 21.4 Å². The Hall–Kier alpha value is -0.860. The second kappa shape index (κ2) is 4.77. The molecule has 0 saturated heterocycles.